The van der Waals surface area contributed by atoms with E-state index in [1.165, 1.54) is 19.5 Å². The van der Waals surface area contributed by atoms with Crippen LogP contribution in [0.4, 0.5) is 5.82 Å². The smallest absolute Gasteiger partial charge is 0.330 e. The van der Waals surface area contributed by atoms with E-state index >= 15 is 0 Å². The molecule has 0 aliphatic heterocycles. The summed E-state index contributed by atoms with van der Waals surface area (Å²) in [6.45, 7) is 8.04. The van der Waals surface area contributed by atoms with Crippen LogP contribution in [0.15, 0.2) is 18.5 Å². The number of hydrogen-bond donors (Lipinski definition) is 1. The van der Waals surface area contributed by atoms with Crippen LogP contribution in [-0.2, 0) is 9.53 Å². The average molecular weight is 430 g/mol. The highest BCUT2D eigenvalue weighted by Gasteiger charge is 2.24. The number of benzene rings is 1. The van der Waals surface area contributed by atoms with Crippen LogP contribution in [0, 0.1) is 13.8 Å². The Hall–Kier alpha value is -3.13. The van der Waals surface area contributed by atoms with Crippen LogP contribution >= 0.6 is 11.6 Å². The van der Waals surface area contributed by atoms with Gasteiger partial charge in [0.2, 0.25) is 0 Å². The molecule has 1 atom stereocenters. The molecule has 0 saturated heterocycles. The Labute approximate surface area is 179 Å². The van der Waals surface area contributed by atoms with Gasteiger partial charge in [-0.3, -0.25) is 0 Å². The molecular formula is C21H24ClN5O3. The molecule has 3 rings (SSSR count). The maximum absolute atomic E-state index is 11.6. The van der Waals surface area contributed by atoms with Crippen molar-refractivity contribution in [1.82, 2.24) is 19.7 Å². The highest BCUT2D eigenvalue weighted by atomic mass is 35.5. The van der Waals surface area contributed by atoms with Crippen LogP contribution in [0.1, 0.15) is 42.3 Å². The van der Waals surface area contributed by atoms with Gasteiger partial charge in [0.15, 0.2) is 5.65 Å². The summed E-state index contributed by atoms with van der Waals surface area (Å²) >= 11 is 6.54. The maximum atomic E-state index is 11.6. The zero-order valence-electron chi connectivity index (χ0n) is 17.6. The summed E-state index contributed by atoms with van der Waals surface area (Å²) < 4.78 is 12.5. The quantitative estimate of drug-likeness (QED) is 0.468. The van der Waals surface area contributed by atoms with E-state index in [1.807, 2.05) is 33.8 Å². The minimum absolute atomic E-state index is 0.277. The minimum atomic E-state index is -0.465. The van der Waals surface area contributed by atoms with Gasteiger partial charge < -0.3 is 15.2 Å². The van der Waals surface area contributed by atoms with E-state index in [0.717, 1.165) is 16.8 Å². The summed E-state index contributed by atoms with van der Waals surface area (Å²) in [6, 6.07) is 1.58. The molecule has 30 heavy (non-hydrogen) atoms. The van der Waals surface area contributed by atoms with E-state index < -0.39 is 5.97 Å². The van der Waals surface area contributed by atoms with Gasteiger partial charge in [0.1, 0.15) is 17.9 Å². The van der Waals surface area contributed by atoms with Crippen molar-refractivity contribution < 1.29 is 14.3 Å². The monoisotopic (exact) mass is 429 g/mol. The molecule has 2 aromatic heterocycles. The summed E-state index contributed by atoms with van der Waals surface area (Å²) in [4.78, 5) is 20.1. The first-order chi connectivity index (χ1) is 14.3. The number of aromatic nitrogens is 4. The summed E-state index contributed by atoms with van der Waals surface area (Å²) in [5, 5.41) is 5.90. The number of methoxy groups -OCH3 is 1. The van der Waals surface area contributed by atoms with Crippen molar-refractivity contribution in [3.05, 3.63) is 45.9 Å². The number of carbonyl (C=O) groups excluding carboxylic acids is 1. The summed E-state index contributed by atoms with van der Waals surface area (Å²) in [7, 11) is 1.33. The predicted molar refractivity (Wildman–Crippen MR) is 117 cm³/mol. The number of fused-ring (bicyclic) bond motifs is 1. The lowest BCUT2D eigenvalue weighted by Gasteiger charge is -2.21. The van der Waals surface area contributed by atoms with Gasteiger partial charge in [0.25, 0.3) is 0 Å². The Balaban J connectivity index is 2.23. The molecule has 0 spiro atoms. The topological polar surface area (TPSA) is 105 Å². The molecule has 0 saturated carbocycles. The lowest BCUT2D eigenvalue weighted by Crippen LogP contribution is -2.13. The average Bonchev–Trinajstić information content (AvgIpc) is 3.07. The Kier molecular flexibility index (Phi) is 6.26. The van der Waals surface area contributed by atoms with Gasteiger partial charge in [-0.05, 0) is 45.4 Å². The Bertz CT molecular complexity index is 1140. The third-order valence-electron chi connectivity index (χ3n) is 4.94. The van der Waals surface area contributed by atoms with Gasteiger partial charge in [0, 0.05) is 22.2 Å². The zero-order valence-corrected chi connectivity index (χ0v) is 18.3. The first-order valence-corrected chi connectivity index (χ1v) is 9.85. The van der Waals surface area contributed by atoms with Gasteiger partial charge in [-0.25, -0.2) is 19.4 Å². The van der Waals surface area contributed by atoms with Crippen LogP contribution in [-0.4, -0.2) is 39.4 Å². The summed E-state index contributed by atoms with van der Waals surface area (Å²) in [5.41, 5.74) is 9.70. The molecule has 2 N–H and O–H groups in total. The Morgan fingerprint density at radius 2 is 2.10 bits per heavy atom. The van der Waals surface area contributed by atoms with Crippen LogP contribution < -0.4 is 10.5 Å². The SMILES string of the molecule is CCOc1c(C(C)n2nc(C)c3c(N)ncnc32)cc(Cl)c(C)c1C=CC(=O)OC. The number of ether oxygens (including phenoxy) is 2. The summed E-state index contributed by atoms with van der Waals surface area (Å²) in [5.74, 6) is 0.535. The number of aryl methyl sites for hydroxylation is 1. The number of anilines is 1. The Morgan fingerprint density at radius 1 is 1.37 bits per heavy atom. The number of carbonyl (C=O) groups is 1. The lowest BCUT2D eigenvalue weighted by molar-refractivity contribution is -0.134. The molecule has 8 nitrogen and oxygen atoms in total. The van der Waals surface area contributed by atoms with Crippen LogP contribution in [0.3, 0.4) is 0 Å². The fourth-order valence-electron chi connectivity index (χ4n) is 3.37. The molecule has 3 aromatic rings. The Morgan fingerprint density at radius 3 is 2.77 bits per heavy atom. The first kappa shape index (κ1) is 21.6. The second kappa shape index (κ2) is 8.71. The predicted octanol–water partition coefficient (Wildman–Crippen LogP) is 3.87. The molecule has 158 valence electrons. The molecule has 1 aromatic carbocycles. The van der Waals surface area contributed by atoms with Crippen molar-refractivity contribution in [3.8, 4) is 5.75 Å². The van der Waals surface area contributed by atoms with E-state index in [2.05, 4.69) is 15.1 Å². The molecule has 0 amide bonds. The van der Waals surface area contributed by atoms with Gasteiger partial charge in [-0.15, -0.1) is 0 Å². The normalized spacial score (nSPS) is 12.5. The van der Waals surface area contributed by atoms with E-state index in [0.29, 0.717) is 39.8 Å². The van der Waals surface area contributed by atoms with Gasteiger partial charge >= 0.3 is 5.97 Å². The largest absolute Gasteiger partial charge is 0.493 e. The highest BCUT2D eigenvalue weighted by Crippen LogP contribution is 2.39. The second-order valence-electron chi connectivity index (χ2n) is 6.77. The van der Waals surface area contributed by atoms with Crippen LogP contribution in [0.5, 0.6) is 5.75 Å². The fraction of sp³-hybridized carbons (Fsp3) is 0.333. The minimum Gasteiger partial charge on any atom is -0.493 e. The standard InChI is InChI=1S/C21H24ClN5O3/c1-6-30-19-14(7-8-17(28)29-5)11(2)16(22)9-15(19)13(4)27-21-18(12(3)26-27)20(23)24-10-25-21/h7-10,13H,6H2,1-5H3,(H2,23,24,25). The van der Waals surface area contributed by atoms with Crippen molar-refractivity contribution >= 4 is 40.5 Å². The second-order valence-corrected chi connectivity index (χ2v) is 7.18. The van der Waals surface area contributed by atoms with Crippen molar-refractivity contribution in [2.24, 2.45) is 0 Å². The number of hydrogen-bond acceptors (Lipinski definition) is 7. The third-order valence-corrected chi connectivity index (χ3v) is 5.33. The number of nitrogens with two attached hydrogens (primary N) is 1. The van der Waals surface area contributed by atoms with Crippen LogP contribution in [0.25, 0.3) is 17.1 Å². The number of nitrogens with zero attached hydrogens (tertiary/aromatic N) is 4. The summed E-state index contributed by atoms with van der Waals surface area (Å²) in [6.07, 6.45) is 4.41. The first-order valence-electron chi connectivity index (χ1n) is 9.47. The van der Waals surface area contributed by atoms with E-state index in [1.54, 1.807) is 10.8 Å². The molecule has 0 bridgehead atoms. The zero-order chi connectivity index (χ0) is 22.0. The molecule has 0 aliphatic carbocycles. The van der Waals surface area contributed by atoms with Crippen molar-refractivity contribution in [2.75, 3.05) is 19.5 Å². The number of halogens is 1. The molecular weight excluding hydrogens is 406 g/mol. The van der Waals surface area contributed by atoms with Crippen molar-refractivity contribution in [2.45, 2.75) is 33.7 Å². The number of nitrogen functional groups attached to an aromatic ring is 1. The molecule has 0 fully saturated rings. The van der Waals surface area contributed by atoms with Crippen LogP contribution in [0.2, 0.25) is 5.02 Å². The fourth-order valence-corrected chi connectivity index (χ4v) is 3.59. The van der Waals surface area contributed by atoms with Gasteiger partial charge in [0.05, 0.1) is 30.8 Å². The highest BCUT2D eigenvalue weighted by molar-refractivity contribution is 6.31. The van der Waals surface area contributed by atoms with E-state index in [9.17, 15) is 4.79 Å². The molecule has 2 heterocycles. The molecule has 1 unspecified atom stereocenters. The van der Waals surface area contributed by atoms with Gasteiger partial charge in [-0.2, -0.15) is 5.10 Å². The van der Waals surface area contributed by atoms with E-state index in [4.69, 9.17) is 26.8 Å². The molecule has 0 radical (unpaired) electrons. The molecule has 0 aliphatic rings. The van der Waals surface area contributed by atoms with E-state index in [-0.39, 0.29) is 6.04 Å². The lowest BCUT2D eigenvalue weighted by atomic mass is 9.98. The van der Waals surface area contributed by atoms with Gasteiger partial charge in [-0.1, -0.05) is 11.6 Å². The van der Waals surface area contributed by atoms with Crippen molar-refractivity contribution in [3.63, 3.8) is 0 Å². The van der Waals surface area contributed by atoms with Crippen molar-refractivity contribution in [1.29, 1.82) is 0 Å². The maximum Gasteiger partial charge on any atom is 0.330 e. The molecule has 9 heteroatoms. The third kappa shape index (κ3) is 3.82. The number of rotatable bonds is 6. The number of esters is 1.